The molecule has 8 heteroatoms. The van der Waals surface area contributed by atoms with E-state index in [0.29, 0.717) is 17.6 Å². The minimum Gasteiger partial charge on any atom is -0.381 e. The molecule has 0 bridgehead atoms. The van der Waals surface area contributed by atoms with E-state index in [1.54, 1.807) is 12.4 Å². The van der Waals surface area contributed by atoms with Crippen molar-refractivity contribution >= 4 is 11.6 Å². The zero-order valence-corrected chi connectivity index (χ0v) is 16.1. The van der Waals surface area contributed by atoms with Gasteiger partial charge in [-0.3, -0.25) is 14.2 Å². The molecule has 0 saturated carbocycles. The third-order valence-electron chi connectivity index (χ3n) is 5.75. The number of piperidine rings is 1. The molecule has 1 N–H and O–H groups in total. The zero-order valence-electron chi connectivity index (χ0n) is 16.1. The molecule has 4 heterocycles. The summed E-state index contributed by atoms with van der Waals surface area (Å²) in [4.78, 5) is 15.1. The number of aromatic nitrogens is 4. The van der Waals surface area contributed by atoms with E-state index >= 15 is 0 Å². The van der Waals surface area contributed by atoms with E-state index in [9.17, 15) is 4.79 Å². The molecule has 0 unspecified atom stereocenters. The summed E-state index contributed by atoms with van der Waals surface area (Å²) in [6.07, 6.45) is 9.38. The molecular formula is C19H28N6O2. The van der Waals surface area contributed by atoms with Gasteiger partial charge in [0.1, 0.15) is 0 Å². The van der Waals surface area contributed by atoms with Gasteiger partial charge in [-0.2, -0.15) is 10.2 Å². The van der Waals surface area contributed by atoms with Crippen molar-refractivity contribution in [3.05, 3.63) is 29.8 Å². The van der Waals surface area contributed by atoms with Gasteiger partial charge in [-0.05, 0) is 52.7 Å². The number of nitrogens with one attached hydrogen (secondary N) is 1. The van der Waals surface area contributed by atoms with Crippen LogP contribution in [0.1, 0.15) is 53.8 Å². The van der Waals surface area contributed by atoms with E-state index in [1.807, 2.05) is 22.5 Å². The number of anilines is 1. The molecule has 2 aromatic rings. The van der Waals surface area contributed by atoms with Crippen molar-refractivity contribution in [1.82, 2.24) is 24.5 Å². The van der Waals surface area contributed by atoms with Crippen molar-refractivity contribution < 1.29 is 9.53 Å². The Hall–Kier alpha value is -2.19. The molecule has 27 heavy (non-hydrogen) atoms. The standard InChI is InChI=1S/C19H28N6O2/c1-14-18(12-21-25(14)17-5-9-27-10-6-17)19(26)22-15-11-20-24(13-15)16-3-7-23(2)8-4-16/h11-13,16-17H,3-10H2,1-2H3,(H,22,26). The average Bonchev–Trinajstić information content (AvgIpc) is 3.30. The van der Waals surface area contributed by atoms with Gasteiger partial charge < -0.3 is 15.0 Å². The van der Waals surface area contributed by atoms with E-state index in [-0.39, 0.29) is 5.91 Å². The molecule has 146 valence electrons. The van der Waals surface area contributed by atoms with Gasteiger partial charge in [0, 0.05) is 25.1 Å². The van der Waals surface area contributed by atoms with Crippen molar-refractivity contribution in [2.24, 2.45) is 0 Å². The monoisotopic (exact) mass is 372 g/mol. The molecule has 8 nitrogen and oxygen atoms in total. The van der Waals surface area contributed by atoms with E-state index in [1.165, 1.54) is 0 Å². The molecule has 0 radical (unpaired) electrons. The fraction of sp³-hybridized carbons (Fsp3) is 0.632. The Labute approximate surface area is 159 Å². The normalized spacial score (nSPS) is 20.1. The highest BCUT2D eigenvalue weighted by Crippen LogP contribution is 2.25. The third-order valence-corrected chi connectivity index (χ3v) is 5.75. The van der Waals surface area contributed by atoms with Crippen LogP contribution >= 0.6 is 0 Å². The second-order valence-corrected chi connectivity index (χ2v) is 7.63. The fourth-order valence-corrected chi connectivity index (χ4v) is 4.00. The van der Waals surface area contributed by atoms with Crippen LogP contribution in [-0.2, 0) is 4.74 Å². The molecule has 1 amide bonds. The summed E-state index contributed by atoms with van der Waals surface area (Å²) in [6, 6.07) is 0.720. The lowest BCUT2D eigenvalue weighted by Crippen LogP contribution is -2.31. The summed E-state index contributed by atoms with van der Waals surface area (Å²) >= 11 is 0. The lowest BCUT2D eigenvalue weighted by atomic mass is 10.1. The van der Waals surface area contributed by atoms with Crippen molar-refractivity contribution in [1.29, 1.82) is 0 Å². The number of carbonyl (C=O) groups is 1. The molecule has 0 aliphatic carbocycles. The van der Waals surface area contributed by atoms with Crippen molar-refractivity contribution in [2.45, 2.75) is 44.7 Å². The van der Waals surface area contributed by atoms with Gasteiger partial charge in [0.15, 0.2) is 0 Å². The minimum atomic E-state index is -0.131. The maximum atomic E-state index is 12.7. The van der Waals surface area contributed by atoms with Crippen LogP contribution in [0, 0.1) is 6.92 Å². The van der Waals surface area contributed by atoms with Crippen LogP contribution in [0.2, 0.25) is 0 Å². The molecule has 2 aliphatic rings. The number of nitrogens with zero attached hydrogens (tertiary/aromatic N) is 5. The SMILES string of the molecule is Cc1c(C(=O)Nc2cnn(C3CCN(C)CC3)c2)cnn1C1CCOCC1. The maximum absolute atomic E-state index is 12.7. The summed E-state index contributed by atoms with van der Waals surface area (Å²) in [7, 11) is 2.15. The number of ether oxygens (including phenoxy) is 1. The third kappa shape index (κ3) is 3.91. The predicted molar refractivity (Wildman–Crippen MR) is 102 cm³/mol. The zero-order chi connectivity index (χ0) is 18.8. The lowest BCUT2D eigenvalue weighted by molar-refractivity contribution is 0.0656. The second-order valence-electron chi connectivity index (χ2n) is 7.63. The van der Waals surface area contributed by atoms with E-state index in [4.69, 9.17) is 4.74 Å². The number of amides is 1. The van der Waals surface area contributed by atoms with Crippen molar-refractivity contribution in [2.75, 3.05) is 38.7 Å². The first kappa shape index (κ1) is 18.2. The van der Waals surface area contributed by atoms with Crippen LogP contribution in [0.5, 0.6) is 0 Å². The highest BCUT2D eigenvalue weighted by atomic mass is 16.5. The highest BCUT2D eigenvalue weighted by molar-refractivity contribution is 6.04. The predicted octanol–water partition coefficient (Wildman–Crippen LogP) is 2.26. The Morgan fingerprint density at radius 1 is 1.11 bits per heavy atom. The number of hydrogen-bond donors (Lipinski definition) is 1. The van der Waals surface area contributed by atoms with Gasteiger partial charge in [0.25, 0.3) is 5.91 Å². The number of hydrogen-bond acceptors (Lipinski definition) is 5. The average molecular weight is 372 g/mol. The van der Waals surface area contributed by atoms with Gasteiger partial charge in [0.05, 0.1) is 35.7 Å². The summed E-state index contributed by atoms with van der Waals surface area (Å²) in [5.74, 6) is -0.131. The van der Waals surface area contributed by atoms with Crippen LogP contribution in [-0.4, -0.2) is 63.7 Å². The Bertz CT molecular complexity index is 784. The quantitative estimate of drug-likeness (QED) is 0.891. The molecule has 0 atom stereocenters. The van der Waals surface area contributed by atoms with E-state index in [2.05, 4.69) is 27.5 Å². The molecule has 0 aromatic carbocycles. The lowest BCUT2D eigenvalue weighted by Gasteiger charge is -2.28. The van der Waals surface area contributed by atoms with Gasteiger partial charge in [0.2, 0.25) is 0 Å². The summed E-state index contributed by atoms with van der Waals surface area (Å²) < 4.78 is 9.38. The smallest absolute Gasteiger partial charge is 0.259 e. The Morgan fingerprint density at radius 3 is 2.59 bits per heavy atom. The topological polar surface area (TPSA) is 77.2 Å². The van der Waals surface area contributed by atoms with Crippen molar-refractivity contribution in [3.63, 3.8) is 0 Å². The van der Waals surface area contributed by atoms with Crippen LogP contribution in [0.15, 0.2) is 18.6 Å². The largest absolute Gasteiger partial charge is 0.381 e. The number of carbonyl (C=O) groups excluding carboxylic acids is 1. The Morgan fingerprint density at radius 2 is 1.85 bits per heavy atom. The van der Waals surface area contributed by atoms with Gasteiger partial charge in [-0.1, -0.05) is 0 Å². The fourth-order valence-electron chi connectivity index (χ4n) is 4.00. The molecule has 4 rings (SSSR count). The van der Waals surface area contributed by atoms with E-state index < -0.39 is 0 Å². The first-order chi connectivity index (χ1) is 13.1. The minimum absolute atomic E-state index is 0.131. The van der Waals surface area contributed by atoms with Gasteiger partial charge >= 0.3 is 0 Å². The van der Waals surface area contributed by atoms with Gasteiger partial charge in [-0.25, -0.2) is 0 Å². The summed E-state index contributed by atoms with van der Waals surface area (Å²) in [5.41, 5.74) is 2.26. The number of rotatable bonds is 4. The van der Waals surface area contributed by atoms with Gasteiger partial charge in [-0.15, -0.1) is 0 Å². The van der Waals surface area contributed by atoms with Crippen LogP contribution in [0.25, 0.3) is 0 Å². The summed E-state index contributed by atoms with van der Waals surface area (Å²) in [5, 5.41) is 11.9. The second kappa shape index (κ2) is 7.82. The highest BCUT2D eigenvalue weighted by Gasteiger charge is 2.23. The van der Waals surface area contributed by atoms with Crippen LogP contribution < -0.4 is 5.32 Å². The number of likely N-dealkylation sites (tertiary alicyclic amines) is 1. The molecule has 2 aromatic heterocycles. The first-order valence-electron chi connectivity index (χ1n) is 9.77. The van der Waals surface area contributed by atoms with Crippen molar-refractivity contribution in [3.8, 4) is 0 Å². The van der Waals surface area contributed by atoms with Crippen LogP contribution in [0.3, 0.4) is 0 Å². The maximum Gasteiger partial charge on any atom is 0.259 e. The Kier molecular flexibility index (Phi) is 5.27. The first-order valence-corrected chi connectivity index (χ1v) is 9.77. The van der Waals surface area contributed by atoms with Crippen LogP contribution in [0.4, 0.5) is 5.69 Å². The molecule has 0 spiro atoms. The van der Waals surface area contributed by atoms with E-state index in [0.717, 1.165) is 63.4 Å². The summed E-state index contributed by atoms with van der Waals surface area (Å²) in [6.45, 7) is 5.62. The molecule has 2 fully saturated rings. The Balaban J connectivity index is 1.41. The molecular weight excluding hydrogens is 344 g/mol. The molecule has 2 saturated heterocycles. The molecule has 2 aliphatic heterocycles.